The van der Waals surface area contributed by atoms with E-state index in [0.29, 0.717) is 23.5 Å². The zero-order valence-electron chi connectivity index (χ0n) is 10.9. The molecular formula is C15H16FNO3. The Labute approximate surface area is 116 Å². The summed E-state index contributed by atoms with van der Waals surface area (Å²) in [4.78, 5) is 22.0. The average molecular weight is 277 g/mol. The molecule has 1 amide bonds. The molecule has 0 unspecified atom stereocenters. The summed E-state index contributed by atoms with van der Waals surface area (Å²) in [5.74, 6) is -1.05. The van der Waals surface area contributed by atoms with Crippen LogP contribution in [0.25, 0.3) is 6.08 Å². The Morgan fingerprint density at radius 2 is 2.15 bits per heavy atom. The lowest BCUT2D eigenvalue weighted by Crippen LogP contribution is -2.23. The molecule has 0 bridgehead atoms. The summed E-state index contributed by atoms with van der Waals surface area (Å²) in [7, 11) is 0. The molecule has 2 rings (SSSR count). The predicted molar refractivity (Wildman–Crippen MR) is 72.3 cm³/mol. The van der Waals surface area contributed by atoms with Gasteiger partial charge in [-0.1, -0.05) is 6.07 Å². The first-order chi connectivity index (χ1) is 9.54. The monoisotopic (exact) mass is 277 g/mol. The van der Waals surface area contributed by atoms with E-state index in [1.807, 2.05) is 0 Å². The topological polar surface area (TPSA) is 66.4 Å². The number of hydrogen-bond donors (Lipinski definition) is 2. The minimum atomic E-state index is -1.06. The number of hydrogen-bond acceptors (Lipinski definition) is 2. The molecule has 1 aromatic carbocycles. The van der Waals surface area contributed by atoms with Gasteiger partial charge in [-0.15, -0.1) is 0 Å². The summed E-state index contributed by atoms with van der Waals surface area (Å²) < 4.78 is 13.6. The molecular weight excluding hydrogens is 261 g/mol. The molecule has 1 aromatic rings. The van der Waals surface area contributed by atoms with Gasteiger partial charge in [-0.2, -0.15) is 0 Å². The third kappa shape index (κ3) is 4.50. The van der Waals surface area contributed by atoms with E-state index in [4.69, 9.17) is 5.11 Å². The standard InChI is InChI=1S/C15H16FNO3/c16-13-5-3-10(4-6-15(19)20)7-12(13)9-17-14(18)8-11-1-2-11/h3-7,11H,1-2,8-9H2,(H,17,18)(H,19,20). The quantitative estimate of drug-likeness (QED) is 0.784. The van der Waals surface area contributed by atoms with Gasteiger partial charge in [0.15, 0.2) is 0 Å². The molecule has 0 heterocycles. The van der Waals surface area contributed by atoms with Crippen LogP contribution >= 0.6 is 0 Å². The second-order valence-electron chi connectivity index (χ2n) is 4.95. The molecule has 0 aromatic heterocycles. The first kappa shape index (κ1) is 14.2. The van der Waals surface area contributed by atoms with Gasteiger partial charge in [0.05, 0.1) is 0 Å². The van der Waals surface area contributed by atoms with Crippen molar-refractivity contribution in [2.24, 2.45) is 5.92 Å². The van der Waals surface area contributed by atoms with Gasteiger partial charge in [0.1, 0.15) is 5.82 Å². The van der Waals surface area contributed by atoms with Gasteiger partial charge < -0.3 is 10.4 Å². The SMILES string of the molecule is O=C(O)C=Cc1ccc(F)c(CNC(=O)CC2CC2)c1. The lowest BCUT2D eigenvalue weighted by molar-refractivity contribution is -0.131. The average Bonchev–Trinajstić information content (AvgIpc) is 3.20. The molecule has 1 aliphatic carbocycles. The second-order valence-corrected chi connectivity index (χ2v) is 4.95. The van der Waals surface area contributed by atoms with E-state index in [0.717, 1.165) is 18.9 Å². The lowest BCUT2D eigenvalue weighted by Gasteiger charge is -2.07. The van der Waals surface area contributed by atoms with Crippen LogP contribution < -0.4 is 5.32 Å². The first-order valence-corrected chi connectivity index (χ1v) is 6.50. The summed E-state index contributed by atoms with van der Waals surface area (Å²) in [6, 6.07) is 4.29. The van der Waals surface area contributed by atoms with Crippen molar-refractivity contribution in [1.29, 1.82) is 0 Å². The predicted octanol–water partition coefficient (Wildman–Crippen LogP) is 2.34. The van der Waals surface area contributed by atoms with Crippen LogP contribution in [-0.2, 0) is 16.1 Å². The fraction of sp³-hybridized carbons (Fsp3) is 0.333. The van der Waals surface area contributed by atoms with Crippen molar-refractivity contribution in [3.63, 3.8) is 0 Å². The Kier molecular flexibility index (Phi) is 4.50. The van der Waals surface area contributed by atoms with E-state index in [9.17, 15) is 14.0 Å². The van der Waals surface area contributed by atoms with Crippen molar-refractivity contribution in [3.8, 4) is 0 Å². The van der Waals surface area contributed by atoms with Gasteiger partial charge in [0, 0.05) is 24.6 Å². The van der Waals surface area contributed by atoms with Gasteiger partial charge in [-0.05, 0) is 42.5 Å². The van der Waals surface area contributed by atoms with Crippen LogP contribution in [0, 0.1) is 11.7 Å². The van der Waals surface area contributed by atoms with E-state index in [1.165, 1.54) is 24.3 Å². The third-order valence-electron chi connectivity index (χ3n) is 3.14. The molecule has 0 atom stereocenters. The van der Waals surface area contributed by atoms with Gasteiger partial charge in [0.2, 0.25) is 5.91 Å². The number of carbonyl (C=O) groups excluding carboxylic acids is 1. The fourth-order valence-electron chi connectivity index (χ4n) is 1.85. The Morgan fingerprint density at radius 3 is 2.80 bits per heavy atom. The van der Waals surface area contributed by atoms with Crippen LogP contribution in [0.5, 0.6) is 0 Å². The zero-order chi connectivity index (χ0) is 14.5. The smallest absolute Gasteiger partial charge is 0.328 e. The highest BCUT2D eigenvalue weighted by molar-refractivity contribution is 5.85. The van der Waals surface area contributed by atoms with Gasteiger partial charge in [-0.3, -0.25) is 4.79 Å². The van der Waals surface area contributed by atoms with Crippen LogP contribution in [-0.4, -0.2) is 17.0 Å². The Bertz CT molecular complexity index is 550. The van der Waals surface area contributed by atoms with Crippen molar-refractivity contribution in [1.82, 2.24) is 5.32 Å². The van der Waals surface area contributed by atoms with E-state index in [1.54, 1.807) is 0 Å². The number of amides is 1. The van der Waals surface area contributed by atoms with E-state index >= 15 is 0 Å². The molecule has 0 radical (unpaired) electrons. The molecule has 1 saturated carbocycles. The molecule has 106 valence electrons. The number of carboxylic acid groups (broad SMARTS) is 1. The Balaban J connectivity index is 1.96. The summed E-state index contributed by atoms with van der Waals surface area (Å²) in [6.45, 7) is 0.117. The number of aliphatic carboxylic acids is 1. The van der Waals surface area contributed by atoms with Crippen molar-refractivity contribution >= 4 is 18.0 Å². The molecule has 2 N–H and O–H groups in total. The number of carbonyl (C=O) groups is 2. The lowest BCUT2D eigenvalue weighted by atomic mass is 10.1. The summed E-state index contributed by atoms with van der Waals surface area (Å²) >= 11 is 0. The molecule has 0 aliphatic heterocycles. The van der Waals surface area contributed by atoms with Gasteiger partial charge in [-0.25, -0.2) is 9.18 Å². The van der Waals surface area contributed by atoms with Crippen molar-refractivity contribution in [2.45, 2.75) is 25.8 Å². The minimum absolute atomic E-state index is 0.0709. The Hall–Kier alpha value is -2.17. The van der Waals surface area contributed by atoms with Crippen LogP contribution in [0.15, 0.2) is 24.3 Å². The van der Waals surface area contributed by atoms with Gasteiger partial charge >= 0.3 is 5.97 Å². The Morgan fingerprint density at radius 1 is 1.40 bits per heavy atom. The van der Waals surface area contributed by atoms with Gasteiger partial charge in [0.25, 0.3) is 0 Å². The largest absolute Gasteiger partial charge is 0.478 e. The normalized spacial score (nSPS) is 14.4. The number of carboxylic acids is 1. The van der Waals surface area contributed by atoms with E-state index < -0.39 is 11.8 Å². The zero-order valence-corrected chi connectivity index (χ0v) is 10.9. The number of halogens is 1. The number of nitrogens with one attached hydrogen (secondary N) is 1. The van der Waals surface area contributed by atoms with E-state index in [-0.39, 0.29) is 12.5 Å². The molecule has 20 heavy (non-hydrogen) atoms. The highest BCUT2D eigenvalue weighted by Gasteiger charge is 2.24. The molecule has 0 saturated heterocycles. The van der Waals surface area contributed by atoms with Crippen LogP contribution in [0.3, 0.4) is 0 Å². The highest BCUT2D eigenvalue weighted by atomic mass is 19.1. The minimum Gasteiger partial charge on any atom is -0.478 e. The van der Waals surface area contributed by atoms with E-state index in [2.05, 4.69) is 5.32 Å². The van der Waals surface area contributed by atoms with Crippen molar-refractivity contribution in [2.75, 3.05) is 0 Å². The fourth-order valence-corrected chi connectivity index (χ4v) is 1.85. The maximum absolute atomic E-state index is 13.6. The van der Waals surface area contributed by atoms with Crippen LogP contribution in [0.4, 0.5) is 4.39 Å². The third-order valence-corrected chi connectivity index (χ3v) is 3.14. The summed E-state index contributed by atoms with van der Waals surface area (Å²) in [5, 5.41) is 11.2. The maximum atomic E-state index is 13.6. The molecule has 5 heteroatoms. The maximum Gasteiger partial charge on any atom is 0.328 e. The number of benzene rings is 1. The van der Waals surface area contributed by atoms with Crippen molar-refractivity contribution < 1.29 is 19.1 Å². The van der Waals surface area contributed by atoms with Crippen LogP contribution in [0.1, 0.15) is 30.4 Å². The number of rotatable bonds is 6. The molecule has 0 spiro atoms. The van der Waals surface area contributed by atoms with Crippen LogP contribution in [0.2, 0.25) is 0 Å². The summed E-state index contributed by atoms with van der Waals surface area (Å²) in [6.07, 6.45) is 5.06. The molecule has 1 aliphatic rings. The first-order valence-electron chi connectivity index (χ1n) is 6.50. The van der Waals surface area contributed by atoms with Crippen molar-refractivity contribution in [3.05, 3.63) is 41.2 Å². The molecule has 4 nitrogen and oxygen atoms in total. The highest BCUT2D eigenvalue weighted by Crippen LogP contribution is 2.32. The summed E-state index contributed by atoms with van der Waals surface area (Å²) in [5.41, 5.74) is 0.932. The second kappa shape index (κ2) is 6.32. The molecule has 1 fully saturated rings.